The Morgan fingerprint density at radius 3 is 1.60 bits per heavy atom. The lowest BCUT2D eigenvalue weighted by Gasteiger charge is -2.15. The minimum absolute atomic E-state index is 0.191. The molecule has 57 heavy (non-hydrogen) atoms. The van der Waals surface area contributed by atoms with Gasteiger partial charge in [0.15, 0.2) is 0 Å². The van der Waals surface area contributed by atoms with E-state index in [0.29, 0.717) is 11.1 Å². The number of nitrogens with zero attached hydrogens (tertiary/aromatic N) is 2. The molecule has 0 amide bonds. The third-order valence-electron chi connectivity index (χ3n) is 9.82. The highest BCUT2D eigenvalue weighted by atomic mass is 16.3. The van der Waals surface area contributed by atoms with Gasteiger partial charge < -0.3 is 13.6 Å². The molecule has 9 aromatic carbocycles. The van der Waals surface area contributed by atoms with Gasteiger partial charge >= 0.3 is 0 Å². The Bertz CT molecular complexity index is 4960. The Morgan fingerprint density at radius 1 is 0.333 bits per heavy atom. The Morgan fingerprint density at radius 2 is 0.895 bits per heavy atom. The molecule has 0 aliphatic rings. The van der Waals surface area contributed by atoms with Gasteiger partial charge in [-0.2, -0.15) is 0 Å². The lowest BCUT2D eigenvalue weighted by Crippen LogP contribution is -1.97. The van der Waals surface area contributed by atoms with Crippen molar-refractivity contribution in [3.05, 3.63) is 206 Å². The molecule has 3 aromatic heterocycles. The highest BCUT2D eigenvalue weighted by Crippen LogP contribution is 2.43. The number of rotatable bonds is 5. The number of benzene rings is 9. The highest BCUT2D eigenvalue weighted by Gasteiger charge is 2.21. The fraction of sp³-hybridized carbons (Fsp3) is 0. The number of fused-ring (bicyclic) bond motifs is 9. The number of aromatic nitrogens is 2. The maximum atomic E-state index is 10.1. The van der Waals surface area contributed by atoms with Crippen molar-refractivity contribution < 1.29 is 38.7 Å². The van der Waals surface area contributed by atoms with E-state index in [2.05, 4.69) is 0 Å². The molecule has 0 N–H and O–H groups in total. The Kier molecular flexibility index (Phi) is 3.46. The molecule has 0 saturated carbocycles. The molecule has 3 heteroatoms. The van der Waals surface area contributed by atoms with Crippen LogP contribution in [0.4, 0.5) is 0 Å². The lowest BCUT2D eigenvalue weighted by atomic mass is 10.00. The van der Waals surface area contributed by atoms with Crippen molar-refractivity contribution in [1.82, 2.24) is 9.13 Å². The van der Waals surface area contributed by atoms with Gasteiger partial charge in [-0.05, 0) is 82.7 Å². The monoisotopic (exact) mass is 751 g/mol. The van der Waals surface area contributed by atoms with Crippen molar-refractivity contribution in [3.8, 4) is 44.8 Å². The summed E-state index contributed by atoms with van der Waals surface area (Å²) in [5.41, 5.74) is -5.27. The first-order valence-corrected chi connectivity index (χ1v) is 17.5. The van der Waals surface area contributed by atoms with Crippen LogP contribution < -0.4 is 0 Å². The summed E-state index contributed by atoms with van der Waals surface area (Å²) in [4.78, 5) is 0. The van der Waals surface area contributed by atoms with Crippen LogP contribution in [-0.4, -0.2) is 9.13 Å². The van der Waals surface area contributed by atoms with E-state index in [1.165, 1.54) is 4.57 Å². The number of hydrogen-bond donors (Lipinski definition) is 0. The lowest BCUT2D eigenvalue weighted by molar-refractivity contribution is 0.669. The number of furan rings is 1. The maximum Gasteiger partial charge on any atom is 0.136 e. The van der Waals surface area contributed by atoms with Crippen molar-refractivity contribution in [2.45, 2.75) is 0 Å². The fourth-order valence-corrected chi connectivity index (χ4v) is 7.38. The van der Waals surface area contributed by atoms with Gasteiger partial charge in [0, 0.05) is 43.4 Å². The van der Waals surface area contributed by atoms with Crippen molar-refractivity contribution in [2.24, 2.45) is 0 Å². The van der Waals surface area contributed by atoms with Crippen molar-refractivity contribution >= 4 is 65.6 Å². The Hall–Kier alpha value is -7.62. The average molecular weight is 752 g/mol. The van der Waals surface area contributed by atoms with E-state index in [-0.39, 0.29) is 27.5 Å². The zero-order valence-electron chi connectivity index (χ0n) is 54.0. The first kappa shape index (κ1) is 15.9. The summed E-state index contributed by atoms with van der Waals surface area (Å²) >= 11 is 0. The van der Waals surface area contributed by atoms with Gasteiger partial charge in [0.05, 0.1) is 67.7 Å². The van der Waals surface area contributed by atoms with Crippen LogP contribution in [0, 0.1) is 0 Å². The average Bonchev–Trinajstić information content (AvgIpc) is 1.89. The summed E-state index contributed by atoms with van der Waals surface area (Å²) in [6.45, 7) is 0. The van der Waals surface area contributed by atoms with E-state index in [1.54, 1.807) is 54.6 Å². The largest absolute Gasteiger partial charge is 0.456 e. The van der Waals surface area contributed by atoms with Gasteiger partial charge in [0.25, 0.3) is 0 Å². The molecule has 0 aliphatic carbocycles. The highest BCUT2D eigenvalue weighted by molar-refractivity contribution is 6.14. The van der Waals surface area contributed by atoms with Gasteiger partial charge in [-0.1, -0.05) is 145 Å². The second kappa shape index (κ2) is 12.5. The molecule has 12 aromatic rings. The number of para-hydroxylation sites is 4. The van der Waals surface area contributed by atoms with E-state index < -0.39 is 223 Å². The summed E-state index contributed by atoms with van der Waals surface area (Å²) in [5.74, 6) is 0. The molecule has 12 rings (SSSR count). The van der Waals surface area contributed by atoms with Crippen LogP contribution in [0.15, 0.2) is 210 Å². The molecule has 0 radical (unpaired) electrons. The van der Waals surface area contributed by atoms with Crippen molar-refractivity contribution in [1.29, 1.82) is 0 Å². The van der Waals surface area contributed by atoms with Gasteiger partial charge in [-0.15, -0.1) is 0 Å². The zero-order valence-corrected chi connectivity index (χ0v) is 29.0. The smallest absolute Gasteiger partial charge is 0.136 e. The van der Waals surface area contributed by atoms with E-state index in [9.17, 15) is 16.4 Å². The predicted molar refractivity (Wildman–Crippen MR) is 239 cm³/mol. The summed E-state index contributed by atoms with van der Waals surface area (Å²) in [6.07, 6.45) is 0. The molecule has 266 valence electrons. The molecule has 0 fully saturated rings. The van der Waals surface area contributed by atoms with E-state index in [0.717, 1.165) is 4.57 Å². The Labute approximate surface area is 364 Å². The molecular formula is C54H34N2O. The molecular weight excluding hydrogens is 693 g/mol. The van der Waals surface area contributed by atoms with Gasteiger partial charge in [0.1, 0.15) is 11.2 Å². The summed E-state index contributed by atoms with van der Waals surface area (Å²) in [7, 11) is 0. The second-order valence-electron chi connectivity index (χ2n) is 12.9. The van der Waals surface area contributed by atoms with E-state index in [1.807, 2.05) is 0 Å². The molecule has 0 atom stereocenters. The maximum absolute atomic E-state index is 10.1. The first-order chi connectivity index (χ1) is 38.7. The van der Waals surface area contributed by atoms with Crippen LogP contribution in [0.5, 0.6) is 0 Å². The van der Waals surface area contributed by atoms with Crippen LogP contribution in [-0.2, 0) is 0 Å². The third-order valence-corrected chi connectivity index (χ3v) is 9.82. The predicted octanol–water partition coefficient (Wildman–Crippen LogP) is 14.8. The summed E-state index contributed by atoms with van der Waals surface area (Å²) in [6, 6.07) is -5.29. The van der Waals surface area contributed by atoms with Crippen LogP contribution in [0.25, 0.3) is 110 Å². The first-order valence-electron chi connectivity index (χ1n) is 30.0. The van der Waals surface area contributed by atoms with Crippen LogP contribution in [0.1, 0.15) is 34.3 Å². The summed E-state index contributed by atoms with van der Waals surface area (Å²) in [5, 5.41) is -2.78. The van der Waals surface area contributed by atoms with E-state index in [4.69, 9.17) is 22.2 Å². The molecule has 0 saturated heterocycles. The van der Waals surface area contributed by atoms with Crippen molar-refractivity contribution in [3.63, 3.8) is 0 Å². The van der Waals surface area contributed by atoms with Gasteiger partial charge in [0.2, 0.25) is 0 Å². The van der Waals surface area contributed by atoms with Crippen LogP contribution in [0.3, 0.4) is 0 Å². The van der Waals surface area contributed by atoms with Gasteiger partial charge in [-0.3, -0.25) is 0 Å². The minimum Gasteiger partial charge on any atom is -0.456 e. The molecule has 0 unspecified atom stereocenters. The standard InChI is InChI=1S/C54H34N2O/c1-3-15-35(16-4-1)39-19-7-11-23-47(39)55-48-24-12-8-20-40(48)44-31-37(27-29-50(44)55)38-28-30-51-45(32-38)41-21-9-13-25-49(41)56(51)52-33-46-42-22-10-14-26-53(42)57-54(46)34-43(52)36-17-5-2-6-18-36/h1-34H/i2D,5D,6D,8D,9D,10D,12D,13D,14D,17D,18D,20D,21D,22D,24D,25D,26D,27D,28D,29D,30D,31D,32D,33D,34D. The van der Waals surface area contributed by atoms with Crippen molar-refractivity contribution in [2.75, 3.05) is 0 Å². The summed E-state index contributed by atoms with van der Waals surface area (Å²) < 4.78 is 239. The molecule has 3 nitrogen and oxygen atoms in total. The normalized spacial score (nSPS) is 18.0. The zero-order chi connectivity index (χ0) is 59.2. The van der Waals surface area contributed by atoms with Crippen LogP contribution >= 0.6 is 0 Å². The molecule has 0 bridgehead atoms. The number of hydrogen-bond acceptors (Lipinski definition) is 1. The van der Waals surface area contributed by atoms with Crippen LogP contribution in [0.2, 0.25) is 0 Å². The minimum atomic E-state index is -0.997. The fourth-order valence-electron chi connectivity index (χ4n) is 7.38. The van der Waals surface area contributed by atoms with Gasteiger partial charge in [-0.25, -0.2) is 0 Å². The Balaban J connectivity index is 1.30. The molecule has 0 spiro atoms. The molecule has 3 heterocycles. The SMILES string of the molecule is [2H]c1c([2H])c([2H])c(-c2c(-n3c4c([2H])c([2H])c([2H])c([2H])c4c4c([2H])c(-c5c([2H])c([2H])c6c(c5[2H])c5c([2H])c([2H])c([2H])c([2H])c5n6-c5ccccc5-c5ccccc5)c([2H])c([2H])c43)c([2H])c3c(oc4c([2H])c([2H])c([2H])c([2H])c43)c2[2H])c([2H])c1[2H]. The third kappa shape index (κ3) is 4.86. The molecule has 0 aliphatic heterocycles. The quantitative estimate of drug-likeness (QED) is 0.172. The topological polar surface area (TPSA) is 23.0 Å². The van der Waals surface area contributed by atoms with E-state index >= 15 is 0 Å². The second-order valence-corrected chi connectivity index (χ2v) is 12.9.